The Morgan fingerprint density at radius 3 is 2.84 bits per heavy atom. The molecule has 0 aliphatic rings. The van der Waals surface area contributed by atoms with Gasteiger partial charge in [-0.15, -0.1) is 11.3 Å². The van der Waals surface area contributed by atoms with Gasteiger partial charge in [-0.25, -0.2) is 0 Å². The molecule has 3 nitrogen and oxygen atoms in total. The summed E-state index contributed by atoms with van der Waals surface area (Å²) >= 11 is 1.48. The Bertz CT molecular complexity index is 564. The van der Waals surface area contributed by atoms with Crippen molar-refractivity contribution < 1.29 is 9.90 Å². The van der Waals surface area contributed by atoms with Crippen LogP contribution in [0, 0.1) is 13.8 Å². The third kappa shape index (κ3) is 3.43. The average molecular weight is 275 g/mol. The van der Waals surface area contributed by atoms with Crippen molar-refractivity contribution in [2.24, 2.45) is 0 Å². The lowest BCUT2D eigenvalue weighted by Gasteiger charge is -2.12. The number of thiophene rings is 1. The van der Waals surface area contributed by atoms with Crippen LogP contribution in [0.3, 0.4) is 0 Å². The van der Waals surface area contributed by atoms with Gasteiger partial charge in [0, 0.05) is 17.0 Å². The van der Waals surface area contributed by atoms with Crippen LogP contribution in [0.2, 0.25) is 0 Å². The summed E-state index contributed by atoms with van der Waals surface area (Å²) in [4.78, 5) is 12.9. The van der Waals surface area contributed by atoms with Crippen molar-refractivity contribution in [3.8, 4) is 0 Å². The third-order valence-corrected chi connectivity index (χ3v) is 3.94. The first-order valence-corrected chi connectivity index (χ1v) is 7.03. The number of hydrogen-bond acceptors (Lipinski definition) is 3. The Balaban J connectivity index is 2.00. The molecule has 0 radical (unpaired) electrons. The van der Waals surface area contributed by atoms with Crippen LogP contribution >= 0.6 is 11.3 Å². The molecule has 0 aliphatic heterocycles. The molecule has 1 aromatic carbocycles. The van der Waals surface area contributed by atoms with E-state index < -0.39 is 6.10 Å². The van der Waals surface area contributed by atoms with Gasteiger partial charge in [-0.05, 0) is 36.9 Å². The van der Waals surface area contributed by atoms with Crippen molar-refractivity contribution in [2.75, 3.05) is 6.54 Å². The molecule has 1 heterocycles. The SMILES string of the molecule is Cc1ccc(C)c(C(=O)NCC(O)c2cccs2)c1. The van der Waals surface area contributed by atoms with Crippen molar-refractivity contribution in [2.45, 2.75) is 20.0 Å². The average Bonchev–Trinajstić information content (AvgIpc) is 2.92. The van der Waals surface area contributed by atoms with Gasteiger partial charge < -0.3 is 10.4 Å². The van der Waals surface area contributed by atoms with Crippen molar-refractivity contribution in [3.63, 3.8) is 0 Å². The molecule has 1 atom stereocenters. The number of carbonyl (C=O) groups is 1. The van der Waals surface area contributed by atoms with Crippen LogP contribution in [0.5, 0.6) is 0 Å². The fourth-order valence-electron chi connectivity index (χ4n) is 1.85. The summed E-state index contributed by atoms with van der Waals surface area (Å²) in [7, 11) is 0. The van der Waals surface area contributed by atoms with E-state index in [-0.39, 0.29) is 12.5 Å². The summed E-state index contributed by atoms with van der Waals surface area (Å²) in [5.74, 6) is -0.142. The Kier molecular flexibility index (Phi) is 4.35. The number of aliphatic hydroxyl groups is 1. The molecule has 0 fully saturated rings. The van der Waals surface area contributed by atoms with E-state index in [1.807, 2.05) is 49.6 Å². The third-order valence-electron chi connectivity index (χ3n) is 2.97. The summed E-state index contributed by atoms with van der Waals surface area (Å²) in [6, 6.07) is 9.52. The number of aliphatic hydroxyl groups excluding tert-OH is 1. The van der Waals surface area contributed by atoms with Gasteiger partial charge in [-0.3, -0.25) is 4.79 Å². The Morgan fingerprint density at radius 2 is 2.16 bits per heavy atom. The lowest BCUT2D eigenvalue weighted by atomic mass is 10.1. The Hall–Kier alpha value is -1.65. The molecule has 0 saturated carbocycles. The van der Waals surface area contributed by atoms with E-state index in [0.717, 1.165) is 16.0 Å². The molecule has 1 aromatic heterocycles. The van der Waals surface area contributed by atoms with Gasteiger partial charge in [-0.2, -0.15) is 0 Å². The van der Waals surface area contributed by atoms with Gasteiger partial charge in [-0.1, -0.05) is 23.8 Å². The quantitative estimate of drug-likeness (QED) is 0.901. The first kappa shape index (κ1) is 13.8. The topological polar surface area (TPSA) is 49.3 Å². The zero-order valence-electron chi connectivity index (χ0n) is 11.0. The highest BCUT2D eigenvalue weighted by molar-refractivity contribution is 7.10. The highest BCUT2D eigenvalue weighted by Gasteiger charge is 2.13. The minimum Gasteiger partial charge on any atom is -0.386 e. The number of rotatable bonds is 4. The van der Waals surface area contributed by atoms with E-state index in [0.29, 0.717) is 5.56 Å². The molecule has 0 saturated heterocycles. The monoisotopic (exact) mass is 275 g/mol. The van der Waals surface area contributed by atoms with Gasteiger partial charge in [0.05, 0.1) is 0 Å². The highest BCUT2D eigenvalue weighted by atomic mass is 32.1. The van der Waals surface area contributed by atoms with Crippen molar-refractivity contribution in [1.29, 1.82) is 0 Å². The second kappa shape index (κ2) is 5.99. The Labute approximate surface area is 116 Å². The molecule has 2 rings (SSSR count). The van der Waals surface area contributed by atoms with E-state index in [4.69, 9.17) is 0 Å². The molecule has 0 aliphatic carbocycles. The Morgan fingerprint density at radius 1 is 1.37 bits per heavy atom. The molecule has 1 unspecified atom stereocenters. The fourth-order valence-corrected chi connectivity index (χ4v) is 2.56. The van der Waals surface area contributed by atoms with Crippen molar-refractivity contribution in [3.05, 3.63) is 57.3 Å². The zero-order chi connectivity index (χ0) is 13.8. The number of hydrogen-bond donors (Lipinski definition) is 2. The van der Waals surface area contributed by atoms with Gasteiger partial charge in [0.25, 0.3) is 5.91 Å². The molecular weight excluding hydrogens is 258 g/mol. The number of benzene rings is 1. The normalized spacial score (nSPS) is 12.2. The van der Waals surface area contributed by atoms with Crippen LogP contribution in [-0.2, 0) is 0 Å². The minimum atomic E-state index is -0.644. The highest BCUT2D eigenvalue weighted by Crippen LogP contribution is 2.18. The lowest BCUT2D eigenvalue weighted by Crippen LogP contribution is -2.28. The second-order valence-electron chi connectivity index (χ2n) is 4.56. The molecule has 2 aromatic rings. The predicted octanol–water partition coefficient (Wildman–Crippen LogP) is 2.83. The number of nitrogens with one attached hydrogen (secondary N) is 1. The summed E-state index contributed by atoms with van der Waals surface area (Å²) in [6.45, 7) is 4.09. The summed E-state index contributed by atoms with van der Waals surface area (Å²) in [6.07, 6.45) is -0.644. The fraction of sp³-hybridized carbons (Fsp3) is 0.267. The summed E-state index contributed by atoms with van der Waals surface area (Å²) in [5.41, 5.74) is 2.65. The first-order valence-electron chi connectivity index (χ1n) is 6.15. The van der Waals surface area contributed by atoms with Gasteiger partial charge in [0.2, 0.25) is 0 Å². The maximum Gasteiger partial charge on any atom is 0.251 e. The van der Waals surface area contributed by atoms with E-state index in [1.165, 1.54) is 11.3 Å². The van der Waals surface area contributed by atoms with E-state index >= 15 is 0 Å². The molecular formula is C15H17NO2S. The standard InChI is InChI=1S/C15H17NO2S/c1-10-5-6-11(2)12(8-10)15(18)16-9-13(17)14-4-3-7-19-14/h3-8,13,17H,9H2,1-2H3,(H,16,18). The largest absolute Gasteiger partial charge is 0.386 e. The number of carbonyl (C=O) groups excluding carboxylic acids is 1. The first-order chi connectivity index (χ1) is 9.08. The van der Waals surface area contributed by atoms with E-state index in [1.54, 1.807) is 0 Å². The second-order valence-corrected chi connectivity index (χ2v) is 5.54. The molecule has 100 valence electrons. The maximum atomic E-state index is 12.1. The maximum absolute atomic E-state index is 12.1. The van der Waals surface area contributed by atoms with Crippen molar-refractivity contribution in [1.82, 2.24) is 5.32 Å². The van der Waals surface area contributed by atoms with E-state index in [2.05, 4.69) is 5.32 Å². The van der Waals surface area contributed by atoms with Crippen LogP contribution in [0.25, 0.3) is 0 Å². The van der Waals surface area contributed by atoms with Crippen molar-refractivity contribution >= 4 is 17.2 Å². The van der Waals surface area contributed by atoms with Gasteiger partial charge in [0.15, 0.2) is 0 Å². The number of aryl methyl sites for hydroxylation is 2. The molecule has 1 amide bonds. The molecule has 0 bridgehead atoms. The number of amides is 1. The van der Waals surface area contributed by atoms with Crippen LogP contribution in [-0.4, -0.2) is 17.6 Å². The van der Waals surface area contributed by atoms with Gasteiger partial charge in [0.1, 0.15) is 6.10 Å². The van der Waals surface area contributed by atoms with Crippen LogP contribution in [0.15, 0.2) is 35.7 Å². The smallest absolute Gasteiger partial charge is 0.251 e. The van der Waals surface area contributed by atoms with Crippen LogP contribution < -0.4 is 5.32 Å². The van der Waals surface area contributed by atoms with Crippen LogP contribution in [0.4, 0.5) is 0 Å². The molecule has 4 heteroatoms. The molecule has 19 heavy (non-hydrogen) atoms. The lowest BCUT2D eigenvalue weighted by molar-refractivity contribution is 0.0917. The summed E-state index contributed by atoms with van der Waals surface area (Å²) in [5, 5.41) is 14.6. The molecule has 0 spiro atoms. The van der Waals surface area contributed by atoms with E-state index in [9.17, 15) is 9.90 Å². The minimum absolute atomic E-state index is 0.142. The van der Waals surface area contributed by atoms with Gasteiger partial charge >= 0.3 is 0 Å². The predicted molar refractivity (Wildman–Crippen MR) is 77.5 cm³/mol. The summed E-state index contributed by atoms with van der Waals surface area (Å²) < 4.78 is 0. The zero-order valence-corrected chi connectivity index (χ0v) is 11.8. The van der Waals surface area contributed by atoms with Crippen LogP contribution in [0.1, 0.15) is 32.5 Å². The molecule has 2 N–H and O–H groups in total.